The molecular formula is C40H34N2O3S3. The van der Waals surface area contributed by atoms with Crippen molar-refractivity contribution in [1.29, 1.82) is 5.26 Å². The van der Waals surface area contributed by atoms with E-state index in [0.717, 1.165) is 55.2 Å². The van der Waals surface area contributed by atoms with Gasteiger partial charge >= 0.3 is 5.97 Å². The predicted octanol–water partition coefficient (Wildman–Crippen LogP) is 12.0. The highest BCUT2D eigenvalue weighted by Crippen LogP contribution is 2.51. The molecule has 0 saturated carbocycles. The molecule has 3 heterocycles. The molecule has 5 aromatic rings. The lowest BCUT2D eigenvalue weighted by atomic mass is 10.1. The third kappa shape index (κ3) is 8.18. The fourth-order valence-corrected chi connectivity index (χ4v) is 8.06. The molecule has 2 aromatic heterocycles. The molecule has 5 nitrogen and oxygen atoms in total. The smallest absolute Gasteiger partial charge is 0.346 e. The van der Waals surface area contributed by atoms with Crippen LogP contribution in [-0.2, 0) is 4.79 Å². The van der Waals surface area contributed by atoms with Gasteiger partial charge in [-0.15, -0.1) is 22.7 Å². The molecule has 6 rings (SSSR count). The first-order valence-electron chi connectivity index (χ1n) is 15.9. The summed E-state index contributed by atoms with van der Waals surface area (Å²) in [6.07, 6.45) is 14.5. The van der Waals surface area contributed by atoms with Crippen LogP contribution < -0.4 is 9.64 Å². The number of para-hydroxylation sites is 1. The van der Waals surface area contributed by atoms with Crippen LogP contribution >= 0.6 is 34.4 Å². The number of hydrogen-bond acceptors (Lipinski definition) is 7. The molecule has 0 fully saturated rings. The van der Waals surface area contributed by atoms with Crippen LogP contribution in [0.25, 0.3) is 30.4 Å². The summed E-state index contributed by atoms with van der Waals surface area (Å²) < 4.78 is 6.01. The molecule has 0 saturated heterocycles. The van der Waals surface area contributed by atoms with Gasteiger partial charge in [-0.2, -0.15) is 5.26 Å². The third-order valence-corrected chi connectivity index (χ3v) is 10.8. The minimum Gasteiger partial charge on any atom is -0.494 e. The van der Waals surface area contributed by atoms with Crippen LogP contribution in [0.2, 0.25) is 0 Å². The largest absolute Gasteiger partial charge is 0.494 e. The molecular weight excluding hydrogens is 653 g/mol. The fraction of sp³-hybridized carbons (Fsp3) is 0.150. The Morgan fingerprint density at radius 1 is 0.792 bits per heavy atom. The minimum atomic E-state index is -1.22. The van der Waals surface area contributed by atoms with Crippen molar-refractivity contribution in [2.75, 3.05) is 11.5 Å². The number of ether oxygens (including phenoxy) is 1. The van der Waals surface area contributed by atoms with Crippen molar-refractivity contribution in [1.82, 2.24) is 0 Å². The summed E-state index contributed by atoms with van der Waals surface area (Å²) in [5, 5.41) is 18.1. The average Bonchev–Trinajstić information content (AvgIpc) is 3.77. The van der Waals surface area contributed by atoms with Gasteiger partial charge < -0.3 is 14.7 Å². The van der Waals surface area contributed by atoms with E-state index in [0.29, 0.717) is 0 Å². The lowest BCUT2D eigenvalue weighted by molar-refractivity contribution is -0.132. The quantitative estimate of drug-likeness (QED) is 0.0740. The first-order valence-corrected chi connectivity index (χ1v) is 18.3. The van der Waals surface area contributed by atoms with Gasteiger partial charge in [0.25, 0.3) is 0 Å². The second kappa shape index (κ2) is 15.9. The molecule has 0 atom stereocenters. The first-order chi connectivity index (χ1) is 23.5. The van der Waals surface area contributed by atoms with E-state index in [-0.39, 0.29) is 5.57 Å². The second-order valence-electron chi connectivity index (χ2n) is 11.2. The zero-order chi connectivity index (χ0) is 33.3. The van der Waals surface area contributed by atoms with Crippen molar-refractivity contribution in [3.63, 3.8) is 0 Å². The van der Waals surface area contributed by atoms with Gasteiger partial charge in [0.1, 0.15) is 17.4 Å². The van der Waals surface area contributed by atoms with Crippen LogP contribution in [0.3, 0.4) is 0 Å². The zero-order valence-electron chi connectivity index (χ0n) is 26.5. The van der Waals surface area contributed by atoms with E-state index in [1.54, 1.807) is 29.2 Å². The Hall–Kier alpha value is -4.81. The summed E-state index contributed by atoms with van der Waals surface area (Å²) in [7, 11) is 0. The Morgan fingerprint density at radius 3 is 2.17 bits per heavy atom. The number of fused-ring (bicyclic) bond motifs is 2. The van der Waals surface area contributed by atoms with Gasteiger partial charge in [0.2, 0.25) is 0 Å². The van der Waals surface area contributed by atoms with Crippen molar-refractivity contribution in [2.24, 2.45) is 0 Å². The van der Waals surface area contributed by atoms with E-state index in [2.05, 4.69) is 109 Å². The average molecular weight is 687 g/mol. The van der Waals surface area contributed by atoms with Crippen LogP contribution in [0.4, 0.5) is 17.1 Å². The summed E-state index contributed by atoms with van der Waals surface area (Å²) in [4.78, 5) is 19.9. The van der Waals surface area contributed by atoms with Gasteiger partial charge in [0.05, 0.1) is 18.0 Å². The van der Waals surface area contributed by atoms with Gasteiger partial charge in [-0.3, -0.25) is 0 Å². The number of thiophene rings is 2. The van der Waals surface area contributed by atoms with Gasteiger partial charge in [0.15, 0.2) is 0 Å². The summed E-state index contributed by atoms with van der Waals surface area (Å²) in [5.74, 6) is -0.312. The van der Waals surface area contributed by atoms with Crippen molar-refractivity contribution in [3.05, 3.63) is 122 Å². The molecule has 0 aliphatic carbocycles. The van der Waals surface area contributed by atoms with Crippen LogP contribution in [0.1, 0.15) is 57.7 Å². The molecule has 0 amide bonds. The zero-order valence-corrected chi connectivity index (χ0v) is 28.9. The predicted molar refractivity (Wildman–Crippen MR) is 203 cm³/mol. The number of carboxylic acids is 1. The van der Waals surface area contributed by atoms with Gasteiger partial charge in [-0.05, 0) is 109 Å². The normalized spacial score (nSPS) is 12.7. The molecule has 1 N–H and O–H groups in total. The van der Waals surface area contributed by atoms with Crippen molar-refractivity contribution in [2.45, 2.75) is 42.4 Å². The monoisotopic (exact) mass is 686 g/mol. The molecule has 1 aliphatic heterocycles. The molecule has 240 valence electrons. The number of aliphatic carboxylic acids is 1. The van der Waals surface area contributed by atoms with Crippen molar-refractivity contribution in [3.8, 4) is 11.8 Å². The lowest BCUT2D eigenvalue weighted by Gasteiger charge is -2.33. The van der Waals surface area contributed by atoms with E-state index < -0.39 is 5.97 Å². The van der Waals surface area contributed by atoms with Gasteiger partial charge in [0, 0.05) is 35.0 Å². The lowest BCUT2D eigenvalue weighted by Crippen LogP contribution is -2.14. The molecule has 1 aliphatic rings. The number of nitriles is 1. The Morgan fingerprint density at radius 2 is 1.46 bits per heavy atom. The van der Waals surface area contributed by atoms with E-state index in [1.165, 1.54) is 52.2 Å². The number of rotatable bonds is 13. The maximum atomic E-state index is 11.1. The topological polar surface area (TPSA) is 73.6 Å². The molecule has 0 spiro atoms. The molecule has 0 unspecified atom stereocenters. The highest BCUT2D eigenvalue weighted by Gasteiger charge is 2.24. The number of anilines is 3. The number of hydrogen-bond donors (Lipinski definition) is 1. The first kappa shape index (κ1) is 33.1. The van der Waals surface area contributed by atoms with Crippen LogP contribution in [-0.4, -0.2) is 17.7 Å². The molecule has 8 heteroatoms. The number of carbonyl (C=O) groups is 1. The Balaban J connectivity index is 1.15. The molecule has 3 aromatic carbocycles. The number of benzene rings is 3. The van der Waals surface area contributed by atoms with Gasteiger partial charge in [-0.1, -0.05) is 62.2 Å². The highest BCUT2D eigenvalue weighted by atomic mass is 32.2. The number of nitrogens with zero attached hydrogens (tertiary/aromatic N) is 2. The number of carboxylic acid groups (broad SMARTS) is 1. The summed E-state index contributed by atoms with van der Waals surface area (Å²) in [6.45, 7) is 2.97. The van der Waals surface area contributed by atoms with Crippen LogP contribution in [0.15, 0.2) is 106 Å². The van der Waals surface area contributed by atoms with E-state index in [9.17, 15) is 4.79 Å². The Labute approximate surface area is 293 Å². The van der Waals surface area contributed by atoms with Crippen molar-refractivity contribution < 1.29 is 14.6 Å². The Bertz CT molecular complexity index is 2030. The maximum absolute atomic E-state index is 11.1. The highest BCUT2D eigenvalue weighted by molar-refractivity contribution is 7.99. The third-order valence-electron chi connectivity index (χ3n) is 7.70. The standard InChI is InChI=1S/C40H34N2O3S3/c1-2-3-4-7-24-45-31-14-12-30(13-15-31)42-36-8-5-6-9-38(36)48-39-25-28(11-23-37(39)42)10-16-32-17-18-33(46-32)19-20-34-21-22-35(47-34)26-29(27-41)40(43)44/h5-6,8-23,25-26H,2-4,7,24H2,1H3,(H,43,44)/b16-10+,20-19+,29-26+. The van der Waals surface area contributed by atoms with E-state index in [4.69, 9.17) is 15.1 Å². The van der Waals surface area contributed by atoms with Crippen LogP contribution in [0, 0.1) is 11.3 Å². The summed E-state index contributed by atoms with van der Waals surface area (Å²) in [6, 6.07) is 33.3. The van der Waals surface area contributed by atoms with E-state index in [1.807, 2.05) is 18.2 Å². The maximum Gasteiger partial charge on any atom is 0.346 e. The second-order valence-corrected chi connectivity index (χ2v) is 14.5. The number of unbranched alkanes of at least 4 members (excludes halogenated alkanes) is 3. The minimum absolute atomic E-state index is 0.273. The fourth-order valence-electron chi connectivity index (χ4n) is 5.28. The molecule has 48 heavy (non-hydrogen) atoms. The summed E-state index contributed by atoms with van der Waals surface area (Å²) >= 11 is 4.94. The molecule has 0 bridgehead atoms. The van der Waals surface area contributed by atoms with Gasteiger partial charge in [-0.25, -0.2) is 4.79 Å². The summed E-state index contributed by atoms with van der Waals surface area (Å²) in [5.41, 5.74) is 4.30. The SMILES string of the molecule is CCCCCCOc1ccc(N2c3ccccc3Sc3cc(/C=C/c4ccc(/C=C/c5ccc(/C=C(\C#N)C(=O)O)s5)s4)ccc32)cc1. The Kier molecular flexibility index (Phi) is 10.9. The van der Waals surface area contributed by atoms with Crippen molar-refractivity contribution >= 4 is 87.8 Å². The van der Waals surface area contributed by atoms with E-state index >= 15 is 0 Å². The molecule has 0 radical (unpaired) electrons. The van der Waals surface area contributed by atoms with Crippen LogP contribution in [0.5, 0.6) is 5.75 Å².